The molecule has 0 unspecified atom stereocenters. The third-order valence-electron chi connectivity index (χ3n) is 6.86. The van der Waals surface area contributed by atoms with Crippen molar-refractivity contribution in [1.29, 1.82) is 0 Å². The summed E-state index contributed by atoms with van der Waals surface area (Å²) < 4.78 is 51.2. The highest BCUT2D eigenvalue weighted by atomic mass is 19.4. The lowest BCUT2D eigenvalue weighted by atomic mass is 10.0. The number of benzene rings is 1. The lowest BCUT2D eigenvalue weighted by Crippen LogP contribution is -2.38. The number of pyridine rings is 2. The van der Waals surface area contributed by atoms with E-state index in [0.29, 0.717) is 43.6 Å². The van der Waals surface area contributed by atoms with Gasteiger partial charge in [-0.15, -0.1) is 0 Å². The Bertz CT molecular complexity index is 1320. The minimum Gasteiger partial charge on any atom is -0.473 e. The van der Waals surface area contributed by atoms with E-state index < -0.39 is 17.6 Å². The molecule has 2 aromatic heterocycles. The fraction of sp³-hybridized carbons (Fsp3) is 0.393. The van der Waals surface area contributed by atoms with Crippen molar-refractivity contribution in [3.63, 3.8) is 0 Å². The van der Waals surface area contributed by atoms with E-state index in [0.717, 1.165) is 54.9 Å². The first-order valence-electron chi connectivity index (χ1n) is 12.9. The molecule has 11 heteroatoms. The molecule has 2 N–H and O–H groups in total. The van der Waals surface area contributed by atoms with Gasteiger partial charge in [-0.05, 0) is 63.2 Å². The van der Waals surface area contributed by atoms with Gasteiger partial charge < -0.3 is 25.0 Å². The Kier molecular flexibility index (Phi) is 7.99. The van der Waals surface area contributed by atoms with Crippen LogP contribution in [-0.2, 0) is 10.9 Å². The molecule has 0 bridgehead atoms. The fourth-order valence-electron chi connectivity index (χ4n) is 4.71. The van der Waals surface area contributed by atoms with Crippen molar-refractivity contribution in [3.8, 4) is 17.0 Å². The van der Waals surface area contributed by atoms with Gasteiger partial charge in [-0.1, -0.05) is 6.07 Å². The first-order chi connectivity index (χ1) is 18.8. The third-order valence-corrected chi connectivity index (χ3v) is 6.86. The first kappa shape index (κ1) is 26.9. The summed E-state index contributed by atoms with van der Waals surface area (Å²) in [6.07, 6.45) is 0.565. The van der Waals surface area contributed by atoms with Gasteiger partial charge in [0.25, 0.3) is 5.91 Å². The molecule has 2 fully saturated rings. The first-order valence-corrected chi connectivity index (χ1v) is 12.9. The number of hydrogen-bond acceptors (Lipinski definition) is 7. The van der Waals surface area contributed by atoms with Gasteiger partial charge in [-0.3, -0.25) is 9.78 Å². The van der Waals surface area contributed by atoms with Gasteiger partial charge >= 0.3 is 6.18 Å². The molecule has 4 heterocycles. The van der Waals surface area contributed by atoms with E-state index in [4.69, 9.17) is 9.47 Å². The van der Waals surface area contributed by atoms with Crippen molar-refractivity contribution < 1.29 is 27.4 Å². The maximum absolute atomic E-state index is 13.1. The number of aromatic nitrogens is 2. The van der Waals surface area contributed by atoms with E-state index in [-0.39, 0.29) is 11.7 Å². The molecule has 1 aromatic carbocycles. The summed E-state index contributed by atoms with van der Waals surface area (Å²) in [5.41, 5.74) is 2.50. The van der Waals surface area contributed by atoms with Crippen LogP contribution in [0.5, 0.6) is 5.88 Å². The van der Waals surface area contributed by atoms with Crippen LogP contribution in [0.1, 0.15) is 34.5 Å². The van der Waals surface area contributed by atoms with Crippen LogP contribution in [0.3, 0.4) is 0 Å². The summed E-state index contributed by atoms with van der Waals surface area (Å²) in [7, 11) is 0. The second kappa shape index (κ2) is 11.6. The zero-order valence-corrected chi connectivity index (χ0v) is 21.6. The smallest absolute Gasteiger partial charge is 0.416 e. The van der Waals surface area contributed by atoms with E-state index >= 15 is 0 Å². The van der Waals surface area contributed by atoms with Crippen molar-refractivity contribution in [2.24, 2.45) is 0 Å². The molecular formula is C28H30F3N5O3. The van der Waals surface area contributed by atoms with E-state index in [1.165, 1.54) is 18.3 Å². The van der Waals surface area contributed by atoms with Crippen molar-refractivity contribution in [3.05, 3.63) is 65.6 Å². The Balaban J connectivity index is 1.42. The maximum atomic E-state index is 13.1. The Morgan fingerprint density at radius 2 is 1.87 bits per heavy atom. The summed E-state index contributed by atoms with van der Waals surface area (Å²) in [6.45, 7) is 6.28. The third kappa shape index (κ3) is 6.48. The van der Waals surface area contributed by atoms with Crippen LogP contribution in [0, 0.1) is 6.92 Å². The van der Waals surface area contributed by atoms with Gasteiger partial charge in [0.2, 0.25) is 5.88 Å². The van der Waals surface area contributed by atoms with E-state index in [9.17, 15) is 18.0 Å². The highest BCUT2D eigenvalue weighted by Gasteiger charge is 2.31. The number of nitrogens with zero attached hydrogens (tertiary/aromatic N) is 3. The van der Waals surface area contributed by atoms with Crippen molar-refractivity contribution in [2.75, 3.05) is 49.6 Å². The molecule has 39 heavy (non-hydrogen) atoms. The van der Waals surface area contributed by atoms with Crippen molar-refractivity contribution in [1.82, 2.24) is 15.3 Å². The average Bonchev–Trinajstić information content (AvgIpc) is 2.95. The standard InChI is InChI=1S/C28H30F3N5O3/c1-18-24(15-22(17-33-18)35-26(37)19-3-2-4-21(13-19)28(29,30)31)20-14-25(36-9-11-38-12-10-36)27(34-16-20)39-23-5-7-32-8-6-23/h2-4,13-17,23,32H,5-12H2,1H3,(H,35,37). The molecule has 1 amide bonds. The maximum Gasteiger partial charge on any atom is 0.416 e. The molecule has 5 rings (SSSR count). The lowest BCUT2D eigenvalue weighted by molar-refractivity contribution is -0.137. The number of ether oxygens (including phenoxy) is 2. The molecule has 0 spiro atoms. The van der Waals surface area contributed by atoms with E-state index in [1.54, 1.807) is 12.3 Å². The summed E-state index contributed by atoms with van der Waals surface area (Å²) >= 11 is 0. The predicted octanol–water partition coefficient (Wildman–Crippen LogP) is 4.69. The van der Waals surface area contributed by atoms with Crippen molar-refractivity contribution in [2.45, 2.75) is 32.0 Å². The number of aryl methyl sites for hydroxylation is 1. The number of carbonyl (C=O) groups is 1. The molecule has 0 radical (unpaired) electrons. The lowest BCUT2D eigenvalue weighted by Gasteiger charge is -2.31. The molecule has 0 aliphatic carbocycles. The van der Waals surface area contributed by atoms with Gasteiger partial charge in [0.15, 0.2) is 0 Å². The number of amides is 1. The summed E-state index contributed by atoms with van der Waals surface area (Å²) in [4.78, 5) is 24.1. The molecule has 0 atom stereocenters. The normalized spacial score (nSPS) is 16.7. The molecular weight excluding hydrogens is 511 g/mol. The molecule has 2 aliphatic heterocycles. The molecule has 8 nitrogen and oxygen atoms in total. The number of nitrogens with one attached hydrogen (secondary N) is 2. The number of alkyl halides is 3. The Labute approximate surface area is 224 Å². The fourth-order valence-corrected chi connectivity index (χ4v) is 4.71. The van der Waals surface area contributed by atoms with Gasteiger partial charge in [-0.25, -0.2) is 4.98 Å². The number of rotatable bonds is 6. The highest BCUT2D eigenvalue weighted by molar-refractivity contribution is 6.04. The highest BCUT2D eigenvalue weighted by Crippen LogP contribution is 2.35. The quantitative estimate of drug-likeness (QED) is 0.468. The van der Waals surface area contributed by atoms with Crippen LogP contribution >= 0.6 is 0 Å². The second-order valence-corrected chi connectivity index (χ2v) is 9.60. The van der Waals surface area contributed by atoms with E-state index in [1.807, 2.05) is 13.0 Å². The van der Waals surface area contributed by atoms with Crippen LogP contribution in [0.4, 0.5) is 24.5 Å². The monoisotopic (exact) mass is 541 g/mol. The van der Waals surface area contributed by atoms with Crippen molar-refractivity contribution >= 4 is 17.3 Å². The second-order valence-electron chi connectivity index (χ2n) is 9.60. The van der Waals surface area contributed by atoms with Crippen LogP contribution in [0.25, 0.3) is 11.1 Å². The van der Waals surface area contributed by atoms with Crippen LogP contribution in [-0.4, -0.2) is 61.4 Å². The average molecular weight is 542 g/mol. The van der Waals surface area contributed by atoms with Gasteiger partial charge in [0.05, 0.1) is 30.7 Å². The molecule has 206 valence electrons. The SMILES string of the molecule is Cc1ncc(NC(=O)c2cccc(C(F)(F)F)c2)cc1-c1cnc(OC2CCNCC2)c(N2CCOCC2)c1. The number of hydrogen-bond donors (Lipinski definition) is 2. The predicted molar refractivity (Wildman–Crippen MR) is 141 cm³/mol. The minimum atomic E-state index is -4.54. The molecule has 3 aromatic rings. The summed E-state index contributed by atoms with van der Waals surface area (Å²) in [6, 6.07) is 8.07. The Morgan fingerprint density at radius 3 is 2.62 bits per heavy atom. The molecule has 2 aliphatic rings. The number of halogens is 3. The van der Waals surface area contributed by atoms with Crippen LogP contribution in [0.2, 0.25) is 0 Å². The van der Waals surface area contributed by atoms with Gasteiger partial charge in [0.1, 0.15) is 11.8 Å². The van der Waals surface area contributed by atoms with Gasteiger partial charge in [0, 0.05) is 41.7 Å². The van der Waals surface area contributed by atoms with E-state index in [2.05, 4.69) is 25.5 Å². The van der Waals surface area contributed by atoms with Crippen LogP contribution in [0.15, 0.2) is 48.8 Å². The molecule has 0 saturated carbocycles. The number of carbonyl (C=O) groups excluding carboxylic acids is 1. The van der Waals surface area contributed by atoms with Crippen LogP contribution < -0.4 is 20.3 Å². The number of morpholine rings is 1. The number of piperidine rings is 1. The molecule has 2 saturated heterocycles. The zero-order valence-electron chi connectivity index (χ0n) is 21.6. The topological polar surface area (TPSA) is 88.6 Å². The number of anilines is 2. The summed E-state index contributed by atoms with van der Waals surface area (Å²) in [5, 5.41) is 6.01. The Hall–Kier alpha value is -3.70. The Morgan fingerprint density at radius 1 is 1.10 bits per heavy atom. The largest absolute Gasteiger partial charge is 0.473 e. The minimum absolute atomic E-state index is 0.0854. The zero-order chi connectivity index (χ0) is 27.4. The summed E-state index contributed by atoms with van der Waals surface area (Å²) in [5.74, 6) is -0.0808. The van der Waals surface area contributed by atoms with Gasteiger partial charge in [-0.2, -0.15) is 13.2 Å².